The summed E-state index contributed by atoms with van der Waals surface area (Å²) in [6.45, 7) is 4.71. The van der Waals surface area contributed by atoms with Crippen LogP contribution in [-0.4, -0.2) is 50.8 Å². The third kappa shape index (κ3) is 4.15. The minimum Gasteiger partial charge on any atom is -0.354 e. The Morgan fingerprint density at radius 3 is 2.75 bits per heavy atom. The number of hydrogen-bond donors (Lipinski definition) is 1. The van der Waals surface area contributed by atoms with E-state index in [-0.39, 0.29) is 23.9 Å². The third-order valence-corrected chi connectivity index (χ3v) is 6.08. The fraction of sp³-hybridized carbons (Fsp3) is 0.474. The van der Waals surface area contributed by atoms with Crippen LogP contribution in [0.5, 0.6) is 0 Å². The lowest BCUT2D eigenvalue weighted by atomic mass is 10.1. The van der Waals surface area contributed by atoms with Crippen LogP contribution in [0.1, 0.15) is 28.5 Å². The lowest BCUT2D eigenvalue weighted by Gasteiger charge is -2.23. The Kier molecular flexibility index (Phi) is 5.95. The van der Waals surface area contributed by atoms with Gasteiger partial charge >= 0.3 is 0 Å². The highest BCUT2D eigenvalue weighted by molar-refractivity contribution is 7.18. The first-order valence-corrected chi connectivity index (χ1v) is 9.96. The Morgan fingerprint density at radius 1 is 1.36 bits per heavy atom. The first kappa shape index (κ1) is 20.2. The van der Waals surface area contributed by atoms with Crippen molar-refractivity contribution in [3.05, 3.63) is 45.1 Å². The van der Waals surface area contributed by atoms with Crippen molar-refractivity contribution >= 4 is 27.5 Å². The van der Waals surface area contributed by atoms with Crippen molar-refractivity contribution in [2.24, 2.45) is 7.05 Å². The molecule has 1 unspecified atom stereocenters. The van der Waals surface area contributed by atoms with Crippen molar-refractivity contribution in [1.82, 2.24) is 29.5 Å². The van der Waals surface area contributed by atoms with Gasteiger partial charge < -0.3 is 10.2 Å². The molecule has 1 amide bonds. The van der Waals surface area contributed by atoms with Gasteiger partial charge in [-0.1, -0.05) is 0 Å². The molecule has 1 N–H and O–H groups in total. The second-order valence-electron chi connectivity index (χ2n) is 7.19. The number of hydrogen-bond acceptors (Lipinski definition) is 6. The maximum absolute atomic E-state index is 12.7. The first-order valence-electron chi connectivity index (χ1n) is 9.14. The van der Waals surface area contributed by atoms with E-state index in [1.165, 1.54) is 22.2 Å². The second kappa shape index (κ2) is 8.24. The van der Waals surface area contributed by atoms with E-state index >= 15 is 0 Å². The smallest absolute Gasteiger partial charge is 0.262 e. The molecule has 3 aromatic rings. The fourth-order valence-corrected chi connectivity index (χ4v) is 4.15. The number of likely N-dealkylation sites (N-methyl/N-ethyl adjacent to an activating group) is 1. The van der Waals surface area contributed by atoms with Crippen molar-refractivity contribution in [3.8, 4) is 0 Å². The van der Waals surface area contributed by atoms with Gasteiger partial charge in [-0.05, 0) is 33.5 Å². The van der Waals surface area contributed by atoms with Crippen LogP contribution in [-0.2, 0) is 18.4 Å². The molecule has 0 spiro atoms. The zero-order chi connectivity index (χ0) is 20.4. The number of fused-ring (bicyclic) bond motifs is 1. The molecular weight excluding hydrogens is 376 g/mol. The Hall–Kier alpha value is -2.52. The molecule has 3 rings (SSSR count). The van der Waals surface area contributed by atoms with Gasteiger partial charge in [-0.15, -0.1) is 11.3 Å². The summed E-state index contributed by atoms with van der Waals surface area (Å²) in [7, 11) is 5.80. The van der Waals surface area contributed by atoms with Gasteiger partial charge in [0.1, 0.15) is 4.83 Å². The van der Waals surface area contributed by atoms with Crippen molar-refractivity contribution in [3.63, 3.8) is 0 Å². The van der Waals surface area contributed by atoms with Crippen LogP contribution in [0, 0.1) is 13.8 Å². The van der Waals surface area contributed by atoms with Gasteiger partial charge in [0.15, 0.2) is 0 Å². The van der Waals surface area contributed by atoms with E-state index in [0.29, 0.717) is 18.5 Å². The summed E-state index contributed by atoms with van der Waals surface area (Å²) < 4.78 is 3.27. The van der Waals surface area contributed by atoms with Crippen LogP contribution in [0.15, 0.2) is 23.5 Å². The predicted molar refractivity (Wildman–Crippen MR) is 111 cm³/mol. The highest BCUT2D eigenvalue weighted by atomic mass is 32.1. The van der Waals surface area contributed by atoms with E-state index in [2.05, 4.69) is 15.4 Å². The van der Waals surface area contributed by atoms with Crippen molar-refractivity contribution in [1.29, 1.82) is 0 Å². The summed E-state index contributed by atoms with van der Waals surface area (Å²) in [6, 6.07) is 0.0369. The molecule has 1 atom stereocenters. The topological polar surface area (TPSA) is 85.1 Å². The molecule has 0 saturated heterocycles. The van der Waals surface area contributed by atoms with E-state index < -0.39 is 0 Å². The number of amides is 1. The zero-order valence-electron chi connectivity index (χ0n) is 16.9. The summed E-state index contributed by atoms with van der Waals surface area (Å²) in [5.41, 5.74) is 1.93. The molecule has 3 aromatic heterocycles. The number of nitrogens with one attached hydrogen (secondary N) is 1. The van der Waals surface area contributed by atoms with Gasteiger partial charge in [-0.25, -0.2) is 4.98 Å². The summed E-state index contributed by atoms with van der Waals surface area (Å²) in [6.07, 6.45) is 5.51. The Balaban J connectivity index is 1.62. The van der Waals surface area contributed by atoms with Crippen LogP contribution in [0.25, 0.3) is 10.2 Å². The SMILES string of the molecule is Cc1sc2ncn(CCC(=O)NCC(c3cnn(C)c3)N(C)C)c(=O)c2c1C. The number of carbonyl (C=O) groups excluding carboxylic acids is 1. The minimum atomic E-state index is -0.0963. The lowest BCUT2D eigenvalue weighted by molar-refractivity contribution is -0.121. The molecule has 0 aliphatic heterocycles. The van der Waals surface area contributed by atoms with Crippen LogP contribution >= 0.6 is 11.3 Å². The van der Waals surface area contributed by atoms with Crippen LogP contribution in [0.2, 0.25) is 0 Å². The molecule has 0 aliphatic carbocycles. The highest BCUT2D eigenvalue weighted by Crippen LogP contribution is 2.25. The van der Waals surface area contributed by atoms with Crippen molar-refractivity contribution in [2.45, 2.75) is 32.9 Å². The second-order valence-corrected chi connectivity index (χ2v) is 8.39. The van der Waals surface area contributed by atoms with E-state index in [1.54, 1.807) is 4.68 Å². The van der Waals surface area contributed by atoms with Gasteiger partial charge in [0.05, 0.1) is 24.0 Å². The molecular formula is C19H26N6O2S. The molecule has 150 valence electrons. The fourth-order valence-electron chi connectivity index (χ4n) is 3.16. The van der Waals surface area contributed by atoms with Crippen LogP contribution in [0.3, 0.4) is 0 Å². The van der Waals surface area contributed by atoms with Crippen molar-refractivity contribution < 1.29 is 4.79 Å². The molecule has 0 saturated carbocycles. The number of aryl methyl sites for hydroxylation is 4. The standard InChI is InChI=1S/C19H26N6O2S/c1-12-13(2)28-18-17(12)19(27)25(11-21-18)7-6-16(26)20-9-15(23(3)4)14-8-22-24(5)10-14/h8,10-11,15H,6-7,9H2,1-5H3,(H,20,26). The average molecular weight is 403 g/mol. The number of rotatable bonds is 7. The van der Waals surface area contributed by atoms with E-state index in [1.807, 2.05) is 52.3 Å². The normalized spacial score (nSPS) is 12.6. The van der Waals surface area contributed by atoms with Crippen molar-refractivity contribution in [2.75, 3.05) is 20.6 Å². The largest absolute Gasteiger partial charge is 0.354 e. The van der Waals surface area contributed by atoms with E-state index in [9.17, 15) is 9.59 Å². The number of nitrogens with zero attached hydrogens (tertiary/aromatic N) is 5. The molecule has 8 nitrogen and oxygen atoms in total. The van der Waals surface area contributed by atoms with Gasteiger partial charge in [0.2, 0.25) is 5.91 Å². The quantitative estimate of drug-likeness (QED) is 0.649. The Labute approximate surface area is 167 Å². The molecule has 0 bridgehead atoms. The van der Waals surface area contributed by atoms with E-state index in [4.69, 9.17) is 0 Å². The van der Waals surface area contributed by atoms with Gasteiger partial charge in [0.25, 0.3) is 5.56 Å². The predicted octanol–water partition coefficient (Wildman–Crippen LogP) is 1.62. The molecule has 9 heteroatoms. The Bertz CT molecular complexity index is 1050. The molecule has 0 fully saturated rings. The van der Waals surface area contributed by atoms with Gasteiger partial charge in [-0.2, -0.15) is 5.10 Å². The Morgan fingerprint density at radius 2 is 2.11 bits per heavy atom. The molecule has 0 aromatic carbocycles. The number of carbonyl (C=O) groups is 1. The van der Waals surface area contributed by atoms with Gasteiger partial charge in [0, 0.05) is 43.2 Å². The minimum absolute atomic E-state index is 0.0369. The summed E-state index contributed by atoms with van der Waals surface area (Å²) in [4.78, 5) is 33.3. The molecule has 0 radical (unpaired) electrons. The number of aromatic nitrogens is 4. The molecule has 3 heterocycles. The molecule has 0 aliphatic rings. The zero-order valence-corrected chi connectivity index (χ0v) is 17.7. The maximum Gasteiger partial charge on any atom is 0.262 e. The molecule has 28 heavy (non-hydrogen) atoms. The lowest BCUT2D eigenvalue weighted by Crippen LogP contribution is -2.35. The third-order valence-electron chi connectivity index (χ3n) is 4.96. The van der Waals surface area contributed by atoms with E-state index in [0.717, 1.165) is 20.8 Å². The summed E-state index contributed by atoms with van der Waals surface area (Å²) in [5.74, 6) is -0.0963. The monoisotopic (exact) mass is 402 g/mol. The summed E-state index contributed by atoms with van der Waals surface area (Å²) >= 11 is 1.52. The van der Waals surface area contributed by atoms with Crippen LogP contribution < -0.4 is 10.9 Å². The highest BCUT2D eigenvalue weighted by Gasteiger charge is 2.17. The maximum atomic E-state index is 12.7. The van der Waals surface area contributed by atoms with Crippen LogP contribution in [0.4, 0.5) is 0 Å². The average Bonchev–Trinajstić information content (AvgIpc) is 3.18. The first-order chi connectivity index (χ1) is 13.3. The van der Waals surface area contributed by atoms with Gasteiger partial charge in [-0.3, -0.25) is 18.8 Å². The number of thiophene rings is 1. The summed E-state index contributed by atoms with van der Waals surface area (Å²) in [5, 5.41) is 7.82.